The van der Waals surface area contributed by atoms with E-state index < -0.39 is 15.9 Å². The largest absolute Gasteiger partial charge is 0.475 e. The summed E-state index contributed by atoms with van der Waals surface area (Å²) in [4.78, 5) is 15.3. The lowest BCUT2D eigenvalue weighted by molar-refractivity contribution is -0.0687. The molecule has 0 bridgehead atoms. The molecule has 10 nitrogen and oxygen atoms in total. The molecule has 6 rings (SSSR count). The summed E-state index contributed by atoms with van der Waals surface area (Å²) in [5.74, 6) is 0.325. The van der Waals surface area contributed by atoms with E-state index >= 15 is 0 Å². The van der Waals surface area contributed by atoms with Gasteiger partial charge in [0.05, 0.1) is 24.9 Å². The minimum absolute atomic E-state index is 0.156. The molecular formula is C23H30N6O4S. The fraction of sp³-hybridized carbons (Fsp3) is 0.565. The number of ether oxygens (including phenoxy) is 2. The van der Waals surface area contributed by atoms with Crippen LogP contribution in [0.2, 0.25) is 0 Å². The third kappa shape index (κ3) is 3.71. The topological polar surface area (TPSA) is 124 Å². The van der Waals surface area contributed by atoms with Gasteiger partial charge in [-0.05, 0) is 60.8 Å². The van der Waals surface area contributed by atoms with Gasteiger partial charge < -0.3 is 14.8 Å². The number of hydrogen-bond acceptors (Lipinski definition) is 6. The molecule has 0 radical (unpaired) electrons. The van der Waals surface area contributed by atoms with E-state index in [1.165, 1.54) is 28.5 Å². The van der Waals surface area contributed by atoms with Crippen LogP contribution in [0.3, 0.4) is 0 Å². The molecule has 2 atom stereocenters. The predicted octanol–water partition coefficient (Wildman–Crippen LogP) is 1.88. The van der Waals surface area contributed by atoms with Crippen LogP contribution in [-0.2, 0) is 46.9 Å². The highest BCUT2D eigenvalue weighted by atomic mass is 32.2. The second-order valence-electron chi connectivity index (χ2n) is 9.60. The van der Waals surface area contributed by atoms with E-state index in [4.69, 9.17) is 14.6 Å². The minimum Gasteiger partial charge on any atom is -0.475 e. The van der Waals surface area contributed by atoms with Gasteiger partial charge in [-0.25, -0.2) is 18.8 Å². The van der Waals surface area contributed by atoms with E-state index in [-0.39, 0.29) is 17.0 Å². The van der Waals surface area contributed by atoms with Crippen LogP contribution in [0.1, 0.15) is 35.1 Å². The van der Waals surface area contributed by atoms with Gasteiger partial charge in [0.15, 0.2) is 9.92 Å². The van der Waals surface area contributed by atoms with Crippen molar-refractivity contribution in [2.45, 2.75) is 62.1 Å². The number of nitrogens with two attached hydrogens (primary N) is 1. The number of likely N-dealkylation sites (tertiary alicyclic amines) is 1. The molecule has 3 N–H and O–H groups in total. The first-order chi connectivity index (χ1) is 16.4. The van der Waals surface area contributed by atoms with Crippen LogP contribution in [0.5, 0.6) is 5.88 Å². The molecule has 182 valence electrons. The summed E-state index contributed by atoms with van der Waals surface area (Å²) < 4.78 is 30.2. The number of urea groups is 1. The number of carbonyl (C=O) groups excluding carboxylic acids is 1. The van der Waals surface area contributed by atoms with Gasteiger partial charge in [0, 0.05) is 25.9 Å². The maximum Gasteiger partial charge on any atom is 0.354 e. The molecular weight excluding hydrogens is 456 g/mol. The third-order valence-corrected chi connectivity index (χ3v) is 8.87. The van der Waals surface area contributed by atoms with Gasteiger partial charge in [-0.2, -0.15) is 5.10 Å². The average molecular weight is 487 g/mol. The monoisotopic (exact) mass is 486 g/mol. The molecule has 0 saturated carbocycles. The van der Waals surface area contributed by atoms with Crippen molar-refractivity contribution in [2.75, 3.05) is 32.1 Å². The molecule has 1 aromatic heterocycles. The molecule has 1 saturated heterocycles. The van der Waals surface area contributed by atoms with Crippen LogP contribution in [0.4, 0.5) is 10.5 Å². The molecule has 2 aliphatic carbocycles. The maximum atomic E-state index is 13.3. The number of fused-ring (bicyclic) bond motifs is 3. The Morgan fingerprint density at radius 2 is 1.91 bits per heavy atom. The molecule has 2 unspecified atom stereocenters. The molecule has 2 aliphatic heterocycles. The van der Waals surface area contributed by atoms with Crippen molar-refractivity contribution < 1.29 is 18.5 Å². The fourth-order valence-electron chi connectivity index (χ4n) is 5.67. The maximum absolute atomic E-state index is 13.3. The normalized spacial score (nSPS) is 23.3. The lowest BCUT2D eigenvalue weighted by Crippen LogP contribution is -2.59. The molecule has 0 spiro atoms. The SMILES string of the molecule is COC1CN(C2COc3c(S(N)(=O)=NC(=O)Nc4c5c(cc6c4CCC6)CCC5)cnn3C2)C1. The average Bonchev–Trinajstić information content (AvgIpc) is 3.51. The number of hydrogen-bond donors (Lipinski definition) is 2. The van der Waals surface area contributed by atoms with Crippen LogP contribution < -0.4 is 15.2 Å². The number of anilines is 1. The Morgan fingerprint density at radius 1 is 1.21 bits per heavy atom. The Balaban J connectivity index is 1.23. The summed E-state index contributed by atoms with van der Waals surface area (Å²) >= 11 is 0. The number of rotatable bonds is 4. The number of methoxy groups -OCH3 is 1. The molecule has 2 aromatic rings. The Hall–Kier alpha value is -2.47. The van der Waals surface area contributed by atoms with Crippen molar-refractivity contribution in [3.05, 3.63) is 34.5 Å². The Morgan fingerprint density at radius 3 is 2.59 bits per heavy atom. The number of benzene rings is 1. The fourth-order valence-corrected chi connectivity index (χ4v) is 6.67. The molecule has 1 fully saturated rings. The predicted molar refractivity (Wildman–Crippen MR) is 126 cm³/mol. The summed E-state index contributed by atoms with van der Waals surface area (Å²) in [6, 6.07) is 1.76. The number of amides is 2. The van der Waals surface area contributed by atoms with E-state index in [2.05, 4.69) is 25.7 Å². The lowest BCUT2D eigenvalue weighted by atomic mass is 9.99. The second-order valence-corrected chi connectivity index (χ2v) is 11.4. The highest BCUT2D eigenvalue weighted by Gasteiger charge is 2.37. The first-order valence-corrected chi connectivity index (χ1v) is 13.5. The van der Waals surface area contributed by atoms with E-state index in [0.29, 0.717) is 19.0 Å². The highest BCUT2D eigenvalue weighted by Crippen LogP contribution is 2.39. The zero-order valence-corrected chi connectivity index (χ0v) is 20.1. The van der Waals surface area contributed by atoms with Crippen LogP contribution in [0, 0.1) is 0 Å². The minimum atomic E-state index is -3.53. The third-order valence-electron chi connectivity index (χ3n) is 7.52. The summed E-state index contributed by atoms with van der Waals surface area (Å²) in [6.45, 7) is 2.73. The standard InChI is InChI=1S/C23H30N6O4S/c1-32-17-11-28(12-17)16-10-29-22(33-13-16)20(9-25-29)34(24,31)27-23(30)26-21-18-6-2-4-14(18)8-15-5-3-7-19(15)21/h8-9,16-17H,2-7,10-13H2,1H3,(H3,24,26,27,30,31). The first kappa shape index (κ1) is 22.0. The smallest absolute Gasteiger partial charge is 0.354 e. The molecule has 34 heavy (non-hydrogen) atoms. The van der Waals surface area contributed by atoms with Gasteiger partial charge in [-0.15, -0.1) is 4.36 Å². The van der Waals surface area contributed by atoms with Crippen molar-refractivity contribution in [2.24, 2.45) is 9.50 Å². The molecule has 11 heteroatoms. The number of nitrogens with zero attached hydrogens (tertiary/aromatic N) is 4. The van der Waals surface area contributed by atoms with Crippen molar-refractivity contribution in [3.63, 3.8) is 0 Å². The summed E-state index contributed by atoms with van der Waals surface area (Å²) in [7, 11) is -1.81. The molecule has 4 aliphatic rings. The van der Waals surface area contributed by atoms with Crippen molar-refractivity contribution in [1.29, 1.82) is 0 Å². The van der Waals surface area contributed by atoms with E-state index in [1.807, 2.05) is 0 Å². The van der Waals surface area contributed by atoms with Gasteiger partial charge >= 0.3 is 6.03 Å². The van der Waals surface area contributed by atoms with Crippen molar-refractivity contribution in [3.8, 4) is 5.88 Å². The van der Waals surface area contributed by atoms with Crippen molar-refractivity contribution >= 4 is 21.6 Å². The highest BCUT2D eigenvalue weighted by molar-refractivity contribution is 7.91. The zero-order chi connectivity index (χ0) is 23.4. The lowest BCUT2D eigenvalue weighted by Gasteiger charge is -2.44. The van der Waals surface area contributed by atoms with E-state index in [9.17, 15) is 9.00 Å². The summed E-state index contributed by atoms with van der Waals surface area (Å²) in [5.41, 5.74) is 5.83. The Kier molecular flexibility index (Phi) is 5.40. The molecule has 2 amide bonds. The van der Waals surface area contributed by atoms with Gasteiger partial charge in [-0.1, -0.05) is 6.07 Å². The Bertz CT molecular complexity index is 1240. The van der Waals surface area contributed by atoms with Crippen LogP contribution >= 0.6 is 0 Å². The number of nitrogens with one attached hydrogen (secondary N) is 1. The summed E-state index contributed by atoms with van der Waals surface area (Å²) in [6.07, 6.45) is 7.74. The Labute approximate surface area is 199 Å². The number of aryl methyl sites for hydroxylation is 2. The van der Waals surface area contributed by atoms with Crippen LogP contribution in [0.15, 0.2) is 21.5 Å². The van der Waals surface area contributed by atoms with Gasteiger partial charge in [-0.3, -0.25) is 4.90 Å². The van der Waals surface area contributed by atoms with Gasteiger partial charge in [0.2, 0.25) is 5.88 Å². The van der Waals surface area contributed by atoms with Crippen LogP contribution in [0.25, 0.3) is 0 Å². The van der Waals surface area contributed by atoms with Crippen molar-refractivity contribution in [1.82, 2.24) is 14.7 Å². The quantitative estimate of drug-likeness (QED) is 0.680. The second kappa shape index (κ2) is 8.33. The van der Waals surface area contributed by atoms with Gasteiger partial charge in [0.1, 0.15) is 11.5 Å². The molecule has 3 heterocycles. The molecule has 1 aromatic carbocycles. The number of carbonyl (C=O) groups is 1. The van der Waals surface area contributed by atoms with E-state index in [0.717, 1.165) is 57.3 Å². The van der Waals surface area contributed by atoms with Gasteiger partial charge in [0.25, 0.3) is 0 Å². The van der Waals surface area contributed by atoms with Crippen LogP contribution in [-0.4, -0.2) is 63.9 Å². The zero-order valence-electron chi connectivity index (χ0n) is 19.3. The summed E-state index contributed by atoms with van der Waals surface area (Å²) in [5, 5.41) is 13.4. The number of aromatic nitrogens is 2. The van der Waals surface area contributed by atoms with E-state index in [1.54, 1.807) is 11.8 Å². The first-order valence-electron chi connectivity index (χ1n) is 11.9.